The first kappa shape index (κ1) is 11.9. The van der Waals surface area contributed by atoms with Crippen molar-refractivity contribution in [2.24, 2.45) is 0 Å². The van der Waals surface area contributed by atoms with Gasteiger partial charge < -0.3 is 15.8 Å². The summed E-state index contributed by atoms with van der Waals surface area (Å²) in [5, 5.41) is 2.87. The molecule has 1 aromatic heterocycles. The third-order valence-electron chi connectivity index (χ3n) is 2.94. The second kappa shape index (κ2) is 5.14. The van der Waals surface area contributed by atoms with Crippen molar-refractivity contribution in [3.05, 3.63) is 24.0 Å². The van der Waals surface area contributed by atoms with Crippen molar-refractivity contribution in [2.45, 2.75) is 31.9 Å². The lowest BCUT2D eigenvalue weighted by Gasteiger charge is -2.19. The zero-order valence-electron chi connectivity index (χ0n) is 9.85. The van der Waals surface area contributed by atoms with E-state index in [0.717, 1.165) is 19.4 Å². The van der Waals surface area contributed by atoms with Gasteiger partial charge in [0.05, 0.1) is 17.8 Å². The Bertz CT molecular complexity index is 402. The van der Waals surface area contributed by atoms with Crippen LogP contribution in [0.3, 0.4) is 0 Å². The lowest BCUT2D eigenvalue weighted by atomic mass is 10.1. The van der Waals surface area contributed by atoms with E-state index in [4.69, 9.17) is 10.5 Å². The molecule has 92 valence electrons. The molecule has 2 atom stereocenters. The summed E-state index contributed by atoms with van der Waals surface area (Å²) < 4.78 is 5.52. The summed E-state index contributed by atoms with van der Waals surface area (Å²) in [6.07, 6.45) is 3.70. The number of carbonyl (C=O) groups is 1. The normalized spacial score (nSPS) is 21.1. The fourth-order valence-electron chi connectivity index (χ4n) is 1.97. The van der Waals surface area contributed by atoms with Crippen LogP contribution < -0.4 is 11.1 Å². The number of amides is 1. The molecule has 1 fully saturated rings. The second-order valence-electron chi connectivity index (χ2n) is 4.25. The van der Waals surface area contributed by atoms with Gasteiger partial charge in [-0.1, -0.05) is 0 Å². The second-order valence-corrected chi connectivity index (χ2v) is 4.25. The molecule has 0 aliphatic carbocycles. The van der Waals surface area contributed by atoms with Gasteiger partial charge in [-0.2, -0.15) is 0 Å². The molecule has 1 aliphatic heterocycles. The maximum absolute atomic E-state index is 11.9. The van der Waals surface area contributed by atoms with Crippen molar-refractivity contribution in [3.8, 4) is 0 Å². The van der Waals surface area contributed by atoms with Gasteiger partial charge in [0, 0.05) is 12.8 Å². The van der Waals surface area contributed by atoms with Crippen LogP contribution in [0.5, 0.6) is 0 Å². The van der Waals surface area contributed by atoms with E-state index in [1.54, 1.807) is 18.3 Å². The molecule has 1 amide bonds. The first-order valence-electron chi connectivity index (χ1n) is 5.81. The lowest BCUT2D eigenvalue weighted by molar-refractivity contribution is 0.0710. The summed E-state index contributed by atoms with van der Waals surface area (Å²) in [5.41, 5.74) is 6.36. The number of anilines is 1. The Hall–Kier alpha value is -1.62. The standard InChI is InChI=1S/C12H17N3O2/c1-8(10-5-3-7-17-10)15-12(16)11-9(13)4-2-6-14-11/h2,4,6,8,10H,3,5,7,13H2,1H3,(H,15,16). The third kappa shape index (κ3) is 2.74. The highest BCUT2D eigenvalue weighted by Crippen LogP contribution is 2.16. The summed E-state index contributed by atoms with van der Waals surface area (Å²) in [4.78, 5) is 15.9. The molecule has 1 aliphatic rings. The van der Waals surface area contributed by atoms with E-state index in [0.29, 0.717) is 5.69 Å². The first-order chi connectivity index (χ1) is 8.18. The highest BCUT2D eigenvalue weighted by Gasteiger charge is 2.24. The monoisotopic (exact) mass is 235 g/mol. The maximum Gasteiger partial charge on any atom is 0.272 e. The van der Waals surface area contributed by atoms with Gasteiger partial charge in [-0.05, 0) is 31.9 Å². The molecule has 1 saturated heterocycles. The number of hydrogen-bond donors (Lipinski definition) is 2. The van der Waals surface area contributed by atoms with Crippen LogP contribution in [0.2, 0.25) is 0 Å². The minimum atomic E-state index is -0.244. The lowest BCUT2D eigenvalue weighted by Crippen LogP contribution is -2.41. The maximum atomic E-state index is 11.9. The Labute approximate surface area is 100 Å². The number of hydrogen-bond acceptors (Lipinski definition) is 4. The molecule has 17 heavy (non-hydrogen) atoms. The molecule has 0 saturated carbocycles. The summed E-state index contributed by atoms with van der Waals surface area (Å²) in [6, 6.07) is 3.35. The van der Waals surface area contributed by atoms with Crippen LogP contribution in [0.4, 0.5) is 5.69 Å². The molecule has 0 radical (unpaired) electrons. The zero-order chi connectivity index (χ0) is 12.3. The van der Waals surface area contributed by atoms with Gasteiger partial charge in [0.15, 0.2) is 5.69 Å². The number of nitrogens with zero attached hydrogens (tertiary/aromatic N) is 1. The van der Waals surface area contributed by atoms with Crippen molar-refractivity contribution in [1.29, 1.82) is 0 Å². The van der Waals surface area contributed by atoms with E-state index in [1.807, 2.05) is 6.92 Å². The number of aromatic nitrogens is 1. The van der Waals surface area contributed by atoms with E-state index in [-0.39, 0.29) is 23.7 Å². The smallest absolute Gasteiger partial charge is 0.272 e. The minimum Gasteiger partial charge on any atom is -0.397 e. The quantitative estimate of drug-likeness (QED) is 0.818. The highest BCUT2D eigenvalue weighted by molar-refractivity contribution is 5.97. The fraction of sp³-hybridized carbons (Fsp3) is 0.500. The summed E-state index contributed by atoms with van der Waals surface area (Å²) in [7, 11) is 0. The van der Waals surface area contributed by atoms with Gasteiger partial charge >= 0.3 is 0 Å². The molecule has 0 spiro atoms. The summed E-state index contributed by atoms with van der Waals surface area (Å²) in [6.45, 7) is 2.71. The predicted molar refractivity (Wildman–Crippen MR) is 64.6 cm³/mol. The molecule has 5 heteroatoms. The Morgan fingerprint density at radius 2 is 2.53 bits per heavy atom. The molecule has 3 N–H and O–H groups in total. The average molecular weight is 235 g/mol. The molecule has 2 heterocycles. The summed E-state index contributed by atoms with van der Waals surface area (Å²) in [5.74, 6) is -0.244. The number of ether oxygens (including phenoxy) is 1. The molecular weight excluding hydrogens is 218 g/mol. The Kier molecular flexibility index (Phi) is 3.58. The zero-order valence-corrected chi connectivity index (χ0v) is 9.85. The molecule has 0 aromatic carbocycles. The average Bonchev–Trinajstić information content (AvgIpc) is 2.82. The molecule has 2 unspecified atom stereocenters. The Balaban J connectivity index is 1.99. The Morgan fingerprint density at radius 1 is 1.71 bits per heavy atom. The predicted octanol–water partition coefficient (Wildman–Crippen LogP) is 0.961. The molecule has 2 rings (SSSR count). The largest absolute Gasteiger partial charge is 0.397 e. The van der Waals surface area contributed by atoms with E-state index >= 15 is 0 Å². The minimum absolute atomic E-state index is 0.0218. The van der Waals surface area contributed by atoms with Gasteiger partial charge in [0.2, 0.25) is 0 Å². The Morgan fingerprint density at radius 3 is 3.18 bits per heavy atom. The number of nitrogens with two attached hydrogens (primary N) is 1. The van der Waals surface area contributed by atoms with Crippen LogP contribution >= 0.6 is 0 Å². The van der Waals surface area contributed by atoms with Gasteiger partial charge in [-0.3, -0.25) is 4.79 Å². The van der Waals surface area contributed by atoms with Crippen LogP contribution in [0.25, 0.3) is 0 Å². The molecular formula is C12H17N3O2. The highest BCUT2D eigenvalue weighted by atomic mass is 16.5. The van der Waals surface area contributed by atoms with E-state index in [1.165, 1.54) is 0 Å². The van der Waals surface area contributed by atoms with Crippen molar-refractivity contribution in [3.63, 3.8) is 0 Å². The molecule has 5 nitrogen and oxygen atoms in total. The van der Waals surface area contributed by atoms with Gasteiger partial charge in [0.1, 0.15) is 0 Å². The van der Waals surface area contributed by atoms with Gasteiger partial charge in [-0.15, -0.1) is 0 Å². The number of pyridine rings is 1. The van der Waals surface area contributed by atoms with E-state index < -0.39 is 0 Å². The number of nitrogen functional groups attached to an aromatic ring is 1. The van der Waals surface area contributed by atoms with Crippen molar-refractivity contribution in [2.75, 3.05) is 12.3 Å². The number of carbonyl (C=O) groups excluding carboxylic acids is 1. The topological polar surface area (TPSA) is 77.2 Å². The van der Waals surface area contributed by atoms with Crippen LogP contribution in [0.15, 0.2) is 18.3 Å². The van der Waals surface area contributed by atoms with E-state index in [9.17, 15) is 4.79 Å². The van der Waals surface area contributed by atoms with Crippen molar-refractivity contribution >= 4 is 11.6 Å². The molecule has 1 aromatic rings. The first-order valence-corrected chi connectivity index (χ1v) is 5.81. The summed E-state index contributed by atoms with van der Waals surface area (Å²) >= 11 is 0. The third-order valence-corrected chi connectivity index (χ3v) is 2.94. The van der Waals surface area contributed by atoms with Gasteiger partial charge in [0.25, 0.3) is 5.91 Å². The van der Waals surface area contributed by atoms with Crippen molar-refractivity contribution < 1.29 is 9.53 Å². The van der Waals surface area contributed by atoms with Crippen LogP contribution in [0.1, 0.15) is 30.3 Å². The van der Waals surface area contributed by atoms with Crippen LogP contribution in [-0.4, -0.2) is 29.6 Å². The fourth-order valence-corrected chi connectivity index (χ4v) is 1.97. The van der Waals surface area contributed by atoms with Crippen LogP contribution in [-0.2, 0) is 4.74 Å². The van der Waals surface area contributed by atoms with Crippen LogP contribution in [0, 0.1) is 0 Å². The molecule has 0 bridgehead atoms. The number of rotatable bonds is 3. The van der Waals surface area contributed by atoms with Crippen molar-refractivity contribution in [1.82, 2.24) is 10.3 Å². The van der Waals surface area contributed by atoms with E-state index in [2.05, 4.69) is 10.3 Å². The SMILES string of the molecule is CC(NC(=O)c1ncccc1N)C1CCCO1. The number of nitrogens with one attached hydrogen (secondary N) is 1. The van der Waals surface area contributed by atoms with Gasteiger partial charge in [-0.25, -0.2) is 4.98 Å².